The molecule has 2 N–H and O–H groups in total. The van der Waals surface area contributed by atoms with Crippen LogP contribution in [0.25, 0.3) is 32.9 Å². The van der Waals surface area contributed by atoms with Crippen LogP contribution in [0.4, 0.5) is 14.6 Å². The van der Waals surface area contributed by atoms with Gasteiger partial charge in [0.05, 0.1) is 21.5 Å². The summed E-state index contributed by atoms with van der Waals surface area (Å²) in [7, 11) is 0. The fourth-order valence-electron chi connectivity index (χ4n) is 5.84. The lowest BCUT2D eigenvalue weighted by Gasteiger charge is -2.30. The number of nitrogens with one attached hydrogen (secondary N) is 1. The molecule has 0 radical (unpaired) electrons. The van der Waals surface area contributed by atoms with Crippen molar-refractivity contribution in [2.75, 3.05) is 31.6 Å². The highest BCUT2D eigenvalue weighted by molar-refractivity contribution is 6.35. The molecule has 4 aromatic rings. The summed E-state index contributed by atoms with van der Waals surface area (Å²) in [5.41, 5.74) is -0.899. The van der Waals surface area contributed by atoms with Crippen molar-refractivity contribution < 1.29 is 18.6 Å². The number of fused-ring (bicyclic) bond motifs is 3. The number of aliphatic hydroxyl groups is 1. The van der Waals surface area contributed by atoms with E-state index in [1.807, 2.05) is 30.3 Å². The lowest BCUT2D eigenvalue weighted by Crippen LogP contribution is -2.43. The summed E-state index contributed by atoms with van der Waals surface area (Å²) in [6.45, 7) is 4.89. The van der Waals surface area contributed by atoms with Crippen LogP contribution in [-0.4, -0.2) is 68.5 Å². The summed E-state index contributed by atoms with van der Waals surface area (Å²) in [6, 6.07) is 11.2. The number of aromatic nitrogens is 3. The van der Waals surface area contributed by atoms with Crippen molar-refractivity contribution in [3.63, 3.8) is 0 Å². The average Bonchev–Trinajstić information content (AvgIpc) is 3.42. The molecule has 0 amide bonds. The van der Waals surface area contributed by atoms with Crippen molar-refractivity contribution in [3.05, 3.63) is 53.4 Å². The molecule has 0 bridgehead atoms. The number of halogens is 3. The monoisotopic (exact) mass is 553 g/mol. The zero-order chi connectivity index (χ0) is 27.4. The summed E-state index contributed by atoms with van der Waals surface area (Å²) >= 11 is 6.57. The van der Waals surface area contributed by atoms with E-state index in [9.17, 15) is 9.50 Å². The number of hydrogen-bond acceptors (Lipinski definition) is 7. The maximum Gasteiger partial charge on any atom is 0.319 e. The molecule has 7 nitrogen and oxygen atoms in total. The van der Waals surface area contributed by atoms with E-state index in [1.165, 1.54) is 6.20 Å². The fourth-order valence-corrected chi connectivity index (χ4v) is 6.10. The minimum Gasteiger partial charge on any atom is -0.461 e. The minimum absolute atomic E-state index is 0.0165. The number of ether oxygens (including phenoxy) is 1. The normalized spacial score (nSPS) is 21.5. The van der Waals surface area contributed by atoms with Crippen LogP contribution in [0.15, 0.2) is 42.6 Å². The van der Waals surface area contributed by atoms with Crippen LogP contribution in [0.2, 0.25) is 5.02 Å². The van der Waals surface area contributed by atoms with Crippen LogP contribution in [0.3, 0.4) is 0 Å². The Morgan fingerprint density at radius 2 is 2.03 bits per heavy atom. The highest BCUT2D eigenvalue weighted by Crippen LogP contribution is 2.41. The van der Waals surface area contributed by atoms with Crippen molar-refractivity contribution in [1.29, 1.82) is 0 Å². The number of anilines is 1. The molecule has 2 fully saturated rings. The molecule has 0 saturated carbocycles. The molecular weight excluding hydrogens is 524 g/mol. The highest BCUT2D eigenvalue weighted by atomic mass is 35.5. The van der Waals surface area contributed by atoms with Gasteiger partial charge in [-0.15, -0.1) is 0 Å². The number of pyridine rings is 1. The molecular formula is C29H30ClF2N5O2. The second-order valence-electron chi connectivity index (χ2n) is 11.2. The summed E-state index contributed by atoms with van der Waals surface area (Å²) in [5, 5.41) is 15.8. The molecule has 2 aliphatic rings. The number of benzene rings is 2. The maximum absolute atomic E-state index is 16.3. The molecule has 0 aliphatic carbocycles. The predicted octanol–water partition coefficient (Wildman–Crippen LogP) is 5.78. The van der Waals surface area contributed by atoms with E-state index >= 15 is 4.39 Å². The molecule has 39 heavy (non-hydrogen) atoms. The van der Waals surface area contributed by atoms with Crippen molar-refractivity contribution in [1.82, 2.24) is 19.9 Å². The Balaban J connectivity index is 1.44. The van der Waals surface area contributed by atoms with Gasteiger partial charge in [-0.05, 0) is 50.1 Å². The predicted molar refractivity (Wildman–Crippen MR) is 149 cm³/mol. The molecule has 204 valence electrons. The van der Waals surface area contributed by atoms with Gasteiger partial charge in [-0.2, -0.15) is 9.97 Å². The lowest BCUT2D eigenvalue weighted by atomic mass is 9.95. The Hall–Kier alpha value is -3.14. The van der Waals surface area contributed by atoms with Gasteiger partial charge < -0.3 is 15.2 Å². The average molecular weight is 554 g/mol. The maximum atomic E-state index is 16.3. The van der Waals surface area contributed by atoms with E-state index < -0.39 is 23.1 Å². The van der Waals surface area contributed by atoms with Gasteiger partial charge in [0, 0.05) is 31.3 Å². The van der Waals surface area contributed by atoms with Crippen LogP contribution < -0.4 is 10.1 Å². The third-order valence-electron chi connectivity index (χ3n) is 7.70. The Bertz CT molecular complexity index is 1560. The summed E-state index contributed by atoms with van der Waals surface area (Å²) in [4.78, 5) is 15.6. The van der Waals surface area contributed by atoms with Gasteiger partial charge in [0.25, 0.3) is 0 Å². The van der Waals surface area contributed by atoms with Crippen molar-refractivity contribution in [2.24, 2.45) is 0 Å². The fraction of sp³-hybridized carbons (Fsp3) is 0.414. The third kappa shape index (κ3) is 4.88. The van der Waals surface area contributed by atoms with Crippen LogP contribution in [0.1, 0.15) is 33.1 Å². The largest absolute Gasteiger partial charge is 0.461 e. The van der Waals surface area contributed by atoms with Gasteiger partial charge in [-0.3, -0.25) is 9.88 Å². The van der Waals surface area contributed by atoms with E-state index in [0.29, 0.717) is 28.9 Å². The van der Waals surface area contributed by atoms with Crippen LogP contribution in [-0.2, 0) is 0 Å². The second-order valence-corrected chi connectivity index (χ2v) is 11.6. The van der Waals surface area contributed by atoms with E-state index in [-0.39, 0.29) is 36.2 Å². The van der Waals surface area contributed by atoms with Gasteiger partial charge >= 0.3 is 6.01 Å². The molecule has 2 saturated heterocycles. The molecule has 0 spiro atoms. The Kier molecular flexibility index (Phi) is 6.56. The van der Waals surface area contributed by atoms with Gasteiger partial charge in [-0.25, -0.2) is 8.78 Å². The van der Waals surface area contributed by atoms with Gasteiger partial charge in [-0.1, -0.05) is 41.9 Å². The van der Waals surface area contributed by atoms with Crippen LogP contribution >= 0.6 is 11.6 Å². The first-order valence-corrected chi connectivity index (χ1v) is 13.5. The Morgan fingerprint density at radius 3 is 2.85 bits per heavy atom. The SMILES string of the molecule is CC(C)(O)CNc1nc(OC[C@@]23CCCN2C[C@H](F)C3)nc2c(F)c(-c3c(Cl)ccc4ccccc34)ncc12. The number of nitrogens with zero attached hydrogens (tertiary/aromatic N) is 4. The van der Waals surface area contributed by atoms with Gasteiger partial charge in [0.15, 0.2) is 5.82 Å². The molecule has 0 unspecified atom stereocenters. The topological polar surface area (TPSA) is 83.4 Å². The van der Waals surface area contributed by atoms with Crippen molar-refractivity contribution in [2.45, 2.75) is 50.4 Å². The molecule has 2 aromatic heterocycles. The number of rotatable bonds is 7. The third-order valence-corrected chi connectivity index (χ3v) is 8.01. The molecule has 4 heterocycles. The first-order valence-electron chi connectivity index (χ1n) is 13.2. The van der Waals surface area contributed by atoms with Crippen molar-refractivity contribution >= 4 is 39.1 Å². The molecule has 2 aromatic carbocycles. The first-order chi connectivity index (χ1) is 18.6. The Morgan fingerprint density at radius 1 is 1.21 bits per heavy atom. The van der Waals surface area contributed by atoms with Crippen LogP contribution in [0, 0.1) is 5.82 Å². The molecule has 2 aliphatic heterocycles. The van der Waals surface area contributed by atoms with E-state index in [0.717, 1.165) is 30.2 Å². The zero-order valence-corrected chi connectivity index (χ0v) is 22.6. The molecule has 10 heteroatoms. The second kappa shape index (κ2) is 9.80. The van der Waals surface area contributed by atoms with Gasteiger partial charge in [0.1, 0.15) is 29.8 Å². The summed E-state index contributed by atoms with van der Waals surface area (Å²) < 4.78 is 36.6. The first kappa shape index (κ1) is 26.1. The molecule has 2 atom stereocenters. The quantitative estimate of drug-likeness (QED) is 0.300. The van der Waals surface area contributed by atoms with Gasteiger partial charge in [0.2, 0.25) is 0 Å². The summed E-state index contributed by atoms with van der Waals surface area (Å²) in [6.07, 6.45) is 2.80. The molecule has 6 rings (SSSR count). The smallest absolute Gasteiger partial charge is 0.319 e. The standard InChI is InChI=1S/C29H30ClF2N5O2/c1-28(2,38)15-34-26-20-13-33-25(22-19-7-4-3-6-17(19)8-9-21(22)30)23(32)24(20)35-27(36-26)39-16-29-10-5-11-37(29)14-18(31)12-29/h3-4,6-9,13,18,38H,5,10-12,14-16H2,1-2H3,(H,34,35,36)/t18-,29+/m1/s1. The number of hydrogen-bond donors (Lipinski definition) is 2. The lowest BCUT2D eigenvalue weighted by molar-refractivity contribution is 0.0943. The van der Waals surface area contributed by atoms with Crippen LogP contribution in [0.5, 0.6) is 6.01 Å². The zero-order valence-electron chi connectivity index (χ0n) is 21.8. The number of alkyl halides is 1. The Labute approximate surface area is 230 Å². The van der Waals surface area contributed by atoms with E-state index in [2.05, 4.69) is 25.2 Å². The minimum atomic E-state index is -1.05. The van der Waals surface area contributed by atoms with E-state index in [1.54, 1.807) is 19.9 Å². The van der Waals surface area contributed by atoms with E-state index in [4.69, 9.17) is 16.3 Å². The summed E-state index contributed by atoms with van der Waals surface area (Å²) in [5.74, 6) is -0.371. The van der Waals surface area contributed by atoms with Crippen molar-refractivity contribution in [3.8, 4) is 17.3 Å². The highest BCUT2D eigenvalue weighted by Gasteiger charge is 2.49.